The summed E-state index contributed by atoms with van der Waals surface area (Å²) in [6.45, 7) is 4.61. The number of rotatable bonds is 1. The minimum absolute atomic E-state index is 0.0842. The van der Waals surface area contributed by atoms with Gasteiger partial charge in [0, 0.05) is 33.3 Å². The number of nitrogens with zero attached hydrogens (tertiary/aromatic N) is 1. The minimum atomic E-state index is -0.304. The van der Waals surface area contributed by atoms with Crippen LogP contribution in [0.25, 0.3) is 60.4 Å². The van der Waals surface area contributed by atoms with E-state index in [0.29, 0.717) is 11.0 Å². The van der Waals surface area contributed by atoms with Gasteiger partial charge in [-0.1, -0.05) is 80.6 Å². The molecule has 0 radical (unpaired) electrons. The van der Waals surface area contributed by atoms with E-state index in [9.17, 15) is 4.79 Å². The summed E-state index contributed by atoms with van der Waals surface area (Å²) in [5, 5.41) is 4.81. The maximum atomic E-state index is 12.8. The predicted octanol–water partition coefficient (Wildman–Crippen LogP) is 8.35. The van der Waals surface area contributed by atoms with Gasteiger partial charge < -0.3 is 8.98 Å². The number of para-hydroxylation sites is 1. The molecular weight excluding hydrogens is 454 g/mol. The van der Waals surface area contributed by atoms with Crippen molar-refractivity contribution in [1.29, 1.82) is 0 Å². The maximum Gasteiger partial charge on any atom is 0.344 e. The van der Waals surface area contributed by atoms with Crippen LogP contribution >= 0.6 is 0 Å². The normalized spacial score (nSPS) is 14.0. The Hall–Kier alpha value is -4.63. The summed E-state index contributed by atoms with van der Waals surface area (Å²) >= 11 is 0. The van der Waals surface area contributed by atoms with Crippen molar-refractivity contribution in [2.24, 2.45) is 0 Å². The largest absolute Gasteiger partial charge is 0.422 e. The number of aromatic nitrogens is 1. The van der Waals surface area contributed by atoms with Crippen LogP contribution in [0.5, 0.6) is 0 Å². The van der Waals surface area contributed by atoms with E-state index < -0.39 is 0 Å². The topological polar surface area (TPSA) is 35.1 Å². The van der Waals surface area contributed by atoms with E-state index in [-0.39, 0.29) is 11.0 Å². The fourth-order valence-electron chi connectivity index (χ4n) is 6.45. The minimum Gasteiger partial charge on any atom is -0.422 e. The van der Waals surface area contributed by atoms with Crippen LogP contribution in [-0.2, 0) is 5.41 Å². The van der Waals surface area contributed by atoms with Crippen molar-refractivity contribution in [3.63, 3.8) is 0 Å². The van der Waals surface area contributed by atoms with E-state index in [4.69, 9.17) is 4.42 Å². The molecule has 1 aliphatic carbocycles. The molecule has 8 rings (SSSR count). The highest BCUT2D eigenvalue weighted by atomic mass is 16.4. The average molecular weight is 478 g/mol. The zero-order chi connectivity index (χ0) is 24.9. The van der Waals surface area contributed by atoms with Gasteiger partial charge in [-0.15, -0.1) is 0 Å². The summed E-state index contributed by atoms with van der Waals surface area (Å²) in [4.78, 5) is 12.8. The zero-order valence-electron chi connectivity index (χ0n) is 20.6. The molecule has 0 aliphatic heterocycles. The number of hydrogen-bond acceptors (Lipinski definition) is 2. The Morgan fingerprint density at radius 3 is 2.16 bits per heavy atom. The van der Waals surface area contributed by atoms with E-state index in [1.807, 2.05) is 30.3 Å². The van der Waals surface area contributed by atoms with Crippen molar-refractivity contribution >= 4 is 43.5 Å². The van der Waals surface area contributed by atoms with Gasteiger partial charge in [0.05, 0.1) is 16.4 Å². The van der Waals surface area contributed by atoms with Crippen LogP contribution in [0.2, 0.25) is 0 Å². The summed E-state index contributed by atoms with van der Waals surface area (Å²) in [6.07, 6.45) is 0. The third kappa shape index (κ3) is 2.63. The SMILES string of the molecule is CC1(C)c2ccccc2-c2ccc(-n3c4ccccc4c4cc5c(cc43)oc(=O)c3ccccc35)cc21. The molecule has 2 aromatic heterocycles. The van der Waals surface area contributed by atoms with E-state index in [1.54, 1.807) is 0 Å². The second-order valence-corrected chi connectivity index (χ2v) is 10.6. The van der Waals surface area contributed by atoms with Crippen LogP contribution in [-0.4, -0.2) is 4.57 Å². The van der Waals surface area contributed by atoms with Crippen molar-refractivity contribution in [2.75, 3.05) is 0 Å². The van der Waals surface area contributed by atoms with Crippen molar-refractivity contribution in [2.45, 2.75) is 19.3 Å². The van der Waals surface area contributed by atoms with Crippen LogP contribution in [0, 0.1) is 0 Å². The molecule has 0 N–H and O–H groups in total. The van der Waals surface area contributed by atoms with Gasteiger partial charge in [0.2, 0.25) is 0 Å². The fourth-order valence-corrected chi connectivity index (χ4v) is 6.45. The summed E-state index contributed by atoms with van der Waals surface area (Å²) < 4.78 is 8.15. The molecule has 0 amide bonds. The first-order valence-corrected chi connectivity index (χ1v) is 12.7. The van der Waals surface area contributed by atoms with Crippen molar-refractivity contribution in [1.82, 2.24) is 4.57 Å². The van der Waals surface area contributed by atoms with Crippen LogP contribution in [0.4, 0.5) is 0 Å². The van der Waals surface area contributed by atoms with Gasteiger partial charge in [0.1, 0.15) is 5.58 Å². The van der Waals surface area contributed by atoms with Gasteiger partial charge in [0.15, 0.2) is 0 Å². The third-order valence-corrected chi connectivity index (χ3v) is 8.24. The van der Waals surface area contributed by atoms with E-state index in [1.165, 1.54) is 27.6 Å². The molecule has 0 saturated heterocycles. The molecule has 0 fully saturated rings. The smallest absolute Gasteiger partial charge is 0.344 e. The van der Waals surface area contributed by atoms with Crippen LogP contribution < -0.4 is 5.63 Å². The first-order valence-electron chi connectivity index (χ1n) is 12.7. The molecule has 3 nitrogen and oxygen atoms in total. The Bertz CT molecular complexity index is 2140. The monoisotopic (exact) mass is 477 g/mol. The molecule has 1 aliphatic rings. The molecule has 2 heterocycles. The van der Waals surface area contributed by atoms with Crippen molar-refractivity contribution in [3.05, 3.63) is 125 Å². The number of fused-ring (bicyclic) bond motifs is 9. The average Bonchev–Trinajstić information content (AvgIpc) is 3.36. The molecule has 37 heavy (non-hydrogen) atoms. The van der Waals surface area contributed by atoms with Gasteiger partial charge in [-0.2, -0.15) is 0 Å². The van der Waals surface area contributed by atoms with Crippen LogP contribution in [0.3, 0.4) is 0 Å². The van der Waals surface area contributed by atoms with Gasteiger partial charge in [-0.05, 0) is 58.0 Å². The Morgan fingerprint density at radius 1 is 0.595 bits per heavy atom. The number of benzene rings is 5. The predicted molar refractivity (Wildman–Crippen MR) is 152 cm³/mol. The zero-order valence-corrected chi connectivity index (χ0v) is 20.6. The molecule has 0 bridgehead atoms. The standard InChI is InChI=1S/C34H23NO2/c1-34(2)28-13-7-5-10-22(28)23-16-15-20(17-29(23)34)35-30-14-8-6-11-24(30)26-18-27-21-9-3-4-12-25(21)33(36)37-32(27)19-31(26)35/h3-19H,1-2H3. The van der Waals surface area contributed by atoms with Crippen molar-refractivity contribution in [3.8, 4) is 16.8 Å². The molecule has 0 saturated carbocycles. The fraction of sp³-hybridized carbons (Fsp3) is 0.0882. The highest BCUT2D eigenvalue weighted by molar-refractivity contribution is 6.16. The Labute approximate surface area is 213 Å². The Kier molecular flexibility index (Phi) is 3.88. The summed E-state index contributed by atoms with van der Waals surface area (Å²) in [6, 6.07) is 35.9. The molecule has 176 valence electrons. The summed E-state index contributed by atoms with van der Waals surface area (Å²) in [5.41, 5.74) is 8.79. The second-order valence-electron chi connectivity index (χ2n) is 10.6. The molecule has 5 aromatic carbocycles. The van der Waals surface area contributed by atoms with Crippen LogP contribution in [0.15, 0.2) is 112 Å². The maximum absolute atomic E-state index is 12.8. The third-order valence-electron chi connectivity index (χ3n) is 8.24. The first-order chi connectivity index (χ1) is 18.0. The quantitative estimate of drug-likeness (QED) is 0.176. The Balaban J connectivity index is 1.47. The van der Waals surface area contributed by atoms with Gasteiger partial charge in [-0.25, -0.2) is 4.79 Å². The lowest BCUT2D eigenvalue weighted by Gasteiger charge is -2.22. The molecule has 3 heteroatoms. The lowest BCUT2D eigenvalue weighted by Crippen LogP contribution is -2.15. The van der Waals surface area contributed by atoms with Gasteiger partial charge in [-0.3, -0.25) is 0 Å². The molecule has 7 aromatic rings. The first kappa shape index (κ1) is 20.6. The molecule has 0 atom stereocenters. The number of hydrogen-bond donors (Lipinski definition) is 0. The van der Waals surface area contributed by atoms with E-state index in [0.717, 1.165) is 32.9 Å². The summed E-state index contributed by atoms with van der Waals surface area (Å²) in [5.74, 6) is 0. The van der Waals surface area contributed by atoms with Crippen LogP contribution in [0.1, 0.15) is 25.0 Å². The highest BCUT2D eigenvalue weighted by Gasteiger charge is 2.35. The van der Waals surface area contributed by atoms with Crippen molar-refractivity contribution < 1.29 is 4.42 Å². The Morgan fingerprint density at radius 2 is 1.30 bits per heavy atom. The molecular formula is C34H23NO2. The summed E-state index contributed by atoms with van der Waals surface area (Å²) in [7, 11) is 0. The van der Waals surface area contributed by atoms with E-state index in [2.05, 4.69) is 91.2 Å². The second kappa shape index (κ2) is 6.98. The lowest BCUT2D eigenvalue weighted by molar-refractivity contribution is 0.570. The van der Waals surface area contributed by atoms with Gasteiger partial charge in [0.25, 0.3) is 0 Å². The molecule has 0 spiro atoms. The highest BCUT2D eigenvalue weighted by Crippen LogP contribution is 2.49. The van der Waals surface area contributed by atoms with E-state index >= 15 is 0 Å². The van der Waals surface area contributed by atoms with Gasteiger partial charge >= 0.3 is 5.63 Å². The molecule has 0 unspecified atom stereocenters. The lowest BCUT2D eigenvalue weighted by atomic mass is 9.82.